The Morgan fingerprint density at radius 2 is 2.26 bits per heavy atom. The van der Waals surface area contributed by atoms with E-state index in [0.717, 1.165) is 16.9 Å². The van der Waals surface area contributed by atoms with E-state index >= 15 is 0 Å². The number of hydrogen-bond acceptors (Lipinski definition) is 2. The number of pyridine rings is 1. The Morgan fingerprint density at radius 1 is 1.47 bits per heavy atom. The number of likely N-dealkylation sites (N-methyl/N-ethyl adjacent to an activating group) is 1. The normalized spacial score (nSPS) is 10.6. The molecule has 100 valence electrons. The fourth-order valence-electron chi connectivity index (χ4n) is 2.04. The van der Waals surface area contributed by atoms with Crippen LogP contribution >= 0.6 is 0 Å². The summed E-state index contributed by atoms with van der Waals surface area (Å²) in [5, 5.41) is 0. The Morgan fingerprint density at radius 3 is 2.89 bits per heavy atom. The van der Waals surface area contributed by atoms with E-state index in [4.69, 9.17) is 0 Å². The first-order valence-corrected chi connectivity index (χ1v) is 6.45. The van der Waals surface area contributed by atoms with Crippen LogP contribution in [0.2, 0.25) is 0 Å². The maximum Gasteiger partial charge on any atom is 0.228 e. The van der Waals surface area contributed by atoms with Gasteiger partial charge < -0.3 is 9.30 Å². The lowest BCUT2D eigenvalue weighted by atomic mass is 10.2. The SMILES string of the molecule is C=C(C)CN(CC)C(=O)Cc1cn2ccccc2n1. The number of nitrogens with zero attached hydrogens (tertiary/aromatic N) is 3. The fraction of sp³-hybridized carbons (Fsp3) is 0.333. The minimum Gasteiger partial charge on any atom is -0.339 e. The van der Waals surface area contributed by atoms with Crippen LogP contribution in [0, 0.1) is 0 Å². The molecule has 0 N–H and O–H groups in total. The van der Waals surface area contributed by atoms with Crippen LogP contribution in [-0.4, -0.2) is 33.3 Å². The van der Waals surface area contributed by atoms with Gasteiger partial charge in [-0.3, -0.25) is 4.79 Å². The molecule has 0 aliphatic heterocycles. The van der Waals surface area contributed by atoms with Crippen LogP contribution in [0.5, 0.6) is 0 Å². The molecule has 0 fully saturated rings. The van der Waals surface area contributed by atoms with Gasteiger partial charge in [-0.15, -0.1) is 0 Å². The molecule has 0 aliphatic rings. The second-order valence-electron chi connectivity index (χ2n) is 4.74. The van der Waals surface area contributed by atoms with E-state index in [1.54, 1.807) is 4.90 Å². The molecule has 1 amide bonds. The third-order valence-corrected chi connectivity index (χ3v) is 2.94. The fourth-order valence-corrected chi connectivity index (χ4v) is 2.04. The van der Waals surface area contributed by atoms with Crippen molar-refractivity contribution in [3.63, 3.8) is 0 Å². The van der Waals surface area contributed by atoms with E-state index in [1.165, 1.54) is 0 Å². The molecule has 2 heterocycles. The summed E-state index contributed by atoms with van der Waals surface area (Å²) in [5.74, 6) is 0.0916. The van der Waals surface area contributed by atoms with Crippen molar-refractivity contribution >= 4 is 11.6 Å². The van der Waals surface area contributed by atoms with Crippen molar-refractivity contribution in [1.82, 2.24) is 14.3 Å². The Labute approximate surface area is 113 Å². The van der Waals surface area contributed by atoms with E-state index < -0.39 is 0 Å². The van der Waals surface area contributed by atoms with E-state index in [-0.39, 0.29) is 5.91 Å². The zero-order valence-electron chi connectivity index (χ0n) is 11.5. The molecule has 0 unspecified atom stereocenters. The highest BCUT2D eigenvalue weighted by atomic mass is 16.2. The highest BCUT2D eigenvalue weighted by Crippen LogP contribution is 2.07. The average molecular weight is 257 g/mol. The summed E-state index contributed by atoms with van der Waals surface area (Å²) in [6, 6.07) is 5.81. The van der Waals surface area contributed by atoms with Gasteiger partial charge in [-0.05, 0) is 26.0 Å². The average Bonchev–Trinajstić information content (AvgIpc) is 2.77. The lowest BCUT2D eigenvalue weighted by Gasteiger charge is -2.20. The van der Waals surface area contributed by atoms with E-state index in [0.29, 0.717) is 19.5 Å². The summed E-state index contributed by atoms with van der Waals surface area (Å²) >= 11 is 0. The van der Waals surface area contributed by atoms with Gasteiger partial charge in [0, 0.05) is 25.5 Å². The second kappa shape index (κ2) is 5.69. The molecule has 4 heteroatoms. The van der Waals surface area contributed by atoms with Gasteiger partial charge in [0.25, 0.3) is 0 Å². The van der Waals surface area contributed by atoms with Crippen LogP contribution in [0.15, 0.2) is 42.7 Å². The Balaban J connectivity index is 2.11. The highest BCUT2D eigenvalue weighted by Gasteiger charge is 2.14. The van der Waals surface area contributed by atoms with Gasteiger partial charge in [-0.25, -0.2) is 4.98 Å². The number of aromatic nitrogens is 2. The number of hydrogen-bond donors (Lipinski definition) is 0. The molecular weight excluding hydrogens is 238 g/mol. The van der Waals surface area contributed by atoms with Crippen molar-refractivity contribution in [2.24, 2.45) is 0 Å². The van der Waals surface area contributed by atoms with Gasteiger partial charge in [-0.1, -0.05) is 18.2 Å². The van der Waals surface area contributed by atoms with Crippen molar-refractivity contribution in [1.29, 1.82) is 0 Å². The van der Waals surface area contributed by atoms with E-state index in [9.17, 15) is 4.79 Å². The zero-order valence-corrected chi connectivity index (χ0v) is 11.5. The number of imidazole rings is 1. The molecule has 2 rings (SSSR count). The molecule has 0 aliphatic carbocycles. The first kappa shape index (κ1) is 13.3. The molecule has 0 saturated heterocycles. The molecule has 19 heavy (non-hydrogen) atoms. The van der Waals surface area contributed by atoms with Crippen LogP contribution in [-0.2, 0) is 11.2 Å². The molecule has 0 spiro atoms. The summed E-state index contributed by atoms with van der Waals surface area (Å²) in [4.78, 5) is 18.4. The number of rotatable bonds is 5. The third kappa shape index (κ3) is 3.22. The van der Waals surface area contributed by atoms with Gasteiger partial charge in [0.15, 0.2) is 0 Å². The molecule has 0 aromatic carbocycles. The van der Waals surface area contributed by atoms with Crippen molar-refractivity contribution in [2.45, 2.75) is 20.3 Å². The summed E-state index contributed by atoms with van der Waals surface area (Å²) in [6.07, 6.45) is 4.17. The van der Waals surface area contributed by atoms with Gasteiger partial charge in [0.05, 0.1) is 12.1 Å². The standard InChI is InChI=1S/C15H19N3O/c1-4-17(10-12(2)3)15(19)9-13-11-18-8-6-5-7-14(18)16-13/h5-8,11H,2,4,9-10H2,1,3H3. The summed E-state index contributed by atoms with van der Waals surface area (Å²) in [6.45, 7) is 9.07. The zero-order chi connectivity index (χ0) is 13.8. The Kier molecular flexibility index (Phi) is 4.00. The van der Waals surface area contributed by atoms with Crippen LogP contribution in [0.1, 0.15) is 19.5 Å². The first-order chi connectivity index (χ1) is 9.10. The predicted molar refractivity (Wildman–Crippen MR) is 76.0 cm³/mol. The van der Waals surface area contributed by atoms with Crippen molar-refractivity contribution in [3.8, 4) is 0 Å². The maximum absolute atomic E-state index is 12.2. The molecule has 0 saturated carbocycles. The van der Waals surface area contributed by atoms with Crippen LogP contribution in [0.3, 0.4) is 0 Å². The summed E-state index contributed by atoms with van der Waals surface area (Å²) < 4.78 is 1.93. The smallest absolute Gasteiger partial charge is 0.228 e. The number of carbonyl (C=O) groups is 1. The lowest BCUT2D eigenvalue weighted by Crippen LogP contribution is -2.33. The molecule has 4 nitrogen and oxygen atoms in total. The van der Waals surface area contributed by atoms with Gasteiger partial charge in [0.1, 0.15) is 5.65 Å². The van der Waals surface area contributed by atoms with Gasteiger partial charge in [0.2, 0.25) is 5.91 Å². The Bertz CT molecular complexity index is 567. The molecular formula is C15H19N3O. The largest absolute Gasteiger partial charge is 0.339 e. The summed E-state index contributed by atoms with van der Waals surface area (Å²) in [7, 11) is 0. The summed E-state index contributed by atoms with van der Waals surface area (Å²) in [5.41, 5.74) is 2.66. The van der Waals surface area contributed by atoms with Crippen LogP contribution < -0.4 is 0 Å². The first-order valence-electron chi connectivity index (χ1n) is 6.45. The second-order valence-corrected chi connectivity index (χ2v) is 4.74. The monoisotopic (exact) mass is 257 g/mol. The lowest BCUT2D eigenvalue weighted by molar-refractivity contribution is -0.129. The van der Waals surface area contributed by atoms with E-state index in [1.807, 2.05) is 48.8 Å². The maximum atomic E-state index is 12.2. The third-order valence-electron chi connectivity index (χ3n) is 2.94. The number of amides is 1. The topological polar surface area (TPSA) is 37.6 Å². The Hall–Kier alpha value is -2.10. The number of carbonyl (C=O) groups excluding carboxylic acids is 1. The molecule has 0 radical (unpaired) electrons. The van der Waals surface area contributed by atoms with Gasteiger partial charge >= 0.3 is 0 Å². The van der Waals surface area contributed by atoms with Crippen molar-refractivity contribution in [3.05, 3.63) is 48.4 Å². The predicted octanol–water partition coefficient (Wildman–Crippen LogP) is 2.30. The van der Waals surface area contributed by atoms with Crippen LogP contribution in [0.25, 0.3) is 5.65 Å². The highest BCUT2D eigenvalue weighted by molar-refractivity contribution is 5.78. The van der Waals surface area contributed by atoms with E-state index in [2.05, 4.69) is 11.6 Å². The van der Waals surface area contributed by atoms with Crippen molar-refractivity contribution < 1.29 is 4.79 Å². The molecule has 0 bridgehead atoms. The van der Waals surface area contributed by atoms with Crippen LogP contribution in [0.4, 0.5) is 0 Å². The minimum absolute atomic E-state index is 0.0916. The van der Waals surface area contributed by atoms with Gasteiger partial charge in [-0.2, -0.15) is 0 Å². The quantitative estimate of drug-likeness (QED) is 0.771. The number of fused-ring (bicyclic) bond motifs is 1. The minimum atomic E-state index is 0.0916. The molecule has 0 atom stereocenters. The molecule has 2 aromatic rings. The van der Waals surface area contributed by atoms with Crippen molar-refractivity contribution in [2.75, 3.05) is 13.1 Å². The molecule has 2 aromatic heterocycles.